The number of halogens is 1. The van der Waals surface area contributed by atoms with Crippen LogP contribution < -0.4 is 5.32 Å². The molecule has 0 heterocycles. The highest BCUT2D eigenvalue weighted by molar-refractivity contribution is 6.31. The number of carboxylic acids is 1. The normalized spacial score (nSPS) is 12.7. The molecule has 1 aromatic rings. The molecule has 0 radical (unpaired) electrons. The first-order valence-electron chi connectivity index (χ1n) is 6.11. The molecule has 1 atom stereocenters. The summed E-state index contributed by atoms with van der Waals surface area (Å²) in [6.07, 6.45) is 0.627. The van der Waals surface area contributed by atoms with Gasteiger partial charge in [-0.2, -0.15) is 0 Å². The summed E-state index contributed by atoms with van der Waals surface area (Å²) in [5.41, 5.74) is 2.05. The number of carbonyl (C=O) groups is 1. The van der Waals surface area contributed by atoms with Gasteiger partial charge in [-0.3, -0.25) is 4.79 Å². The minimum absolute atomic E-state index is 0.352. The van der Waals surface area contributed by atoms with Gasteiger partial charge in [0.15, 0.2) is 0 Å². The van der Waals surface area contributed by atoms with Gasteiger partial charge in [0.05, 0.1) is 0 Å². The maximum Gasteiger partial charge on any atom is 0.320 e. The number of nitrogens with one attached hydrogen (secondary N) is 1. The molecule has 0 fully saturated rings. The van der Waals surface area contributed by atoms with Crippen molar-refractivity contribution in [3.8, 4) is 0 Å². The summed E-state index contributed by atoms with van der Waals surface area (Å²) in [6, 6.07) is 5.23. The minimum atomic E-state index is -0.797. The summed E-state index contributed by atoms with van der Waals surface area (Å²) in [4.78, 5) is 11.1. The third kappa shape index (κ3) is 4.67. The van der Waals surface area contributed by atoms with Gasteiger partial charge in [-0.1, -0.05) is 37.6 Å². The van der Waals surface area contributed by atoms with Gasteiger partial charge in [0.2, 0.25) is 0 Å². The van der Waals surface area contributed by atoms with Crippen LogP contribution in [0.2, 0.25) is 5.02 Å². The van der Waals surface area contributed by atoms with Crippen LogP contribution in [0.5, 0.6) is 0 Å². The van der Waals surface area contributed by atoms with Gasteiger partial charge in [0.1, 0.15) is 6.04 Å². The van der Waals surface area contributed by atoms with Gasteiger partial charge in [0.25, 0.3) is 0 Å². The molecular formula is C14H20ClNO2. The van der Waals surface area contributed by atoms with Crippen molar-refractivity contribution >= 4 is 17.6 Å². The number of carboxylic acid groups (broad SMARTS) is 1. The largest absolute Gasteiger partial charge is 0.480 e. The van der Waals surface area contributed by atoms with Crippen molar-refractivity contribution in [2.45, 2.75) is 39.8 Å². The van der Waals surface area contributed by atoms with Crippen molar-refractivity contribution in [1.82, 2.24) is 5.32 Å². The van der Waals surface area contributed by atoms with Crippen molar-refractivity contribution in [3.05, 3.63) is 34.3 Å². The van der Waals surface area contributed by atoms with Crippen LogP contribution in [0.3, 0.4) is 0 Å². The third-order valence-electron chi connectivity index (χ3n) is 2.78. The SMILES string of the molecule is Cc1cc(CN[C@H](CC(C)C)C(=O)O)ccc1Cl. The zero-order chi connectivity index (χ0) is 13.7. The van der Waals surface area contributed by atoms with Gasteiger partial charge >= 0.3 is 5.97 Å². The van der Waals surface area contributed by atoms with Crippen LogP contribution in [-0.4, -0.2) is 17.1 Å². The van der Waals surface area contributed by atoms with E-state index < -0.39 is 12.0 Å². The van der Waals surface area contributed by atoms with E-state index >= 15 is 0 Å². The van der Waals surface area contributed by atoms with E-state index in [2.05, 4.69) is 5.32 Å². The molecule has 3 nitrogen and oxygen atoms in total. The van der Waals surface area contributed by atoms with E-state index in [4.69, 9.17) is 16.7 Å². The van der Waals surface area contributed by atoms with Gasteiger partial charge < -0.3 is 10.4 Å². The molecule has 0 aliphatic heterocycles. The number of hydrogen-bond donors (Lipinski definition) is 2. The Bertz CT molecular complexity index is 418. The van der Waals surface area contributed by atoms with E-state index in [1.54, 1.807) is 0 Å². The Kier molecular flexibility index (Phi) is 5.63. The zero-order valence-electron chi connectivity index (χ0n) is 11.0. The van der Waals surface area contributed by atoms with Crippen molar-refractivity contribution in [2.75, 3.05) is 0 Å². The topological polar surface area (TPSA) is 49.3 Å². The van der Waals surface area contributed by atoms with Gasteiger partial charge in [0, 0.05) is 11.6 Å². The van der Waals surface area contributed by atoms with Crippen LogP contribution in [-0.2, 0) is 11.3 Å². The molecule has 18 heavy (non-hydrogen) atoms. The van der Waals surface area contributed by atoms with Crippen molar-refractivity contribution in [3.63, 3.8) is 0 Å². The fraction of sp³-hybridized carbons (Fsp3) is 0.500. The van der Waals surface area contributed by atoms with E-state index in [9.17, 15) is 4.79 Å². The van der Waals surface area contributed by atoms with Crippen LogP contribution in [0, 0.1) is 12.8 Å². The molecule has 0 spiro atoms. The lowest BCUT2D eigenvalue weighted by Crippen LogP contribution is -2.37. The molecule has 0 aliphatic carbocycles. The summed E-state index contributed by atoms with van der Waals surface area (Å²) >= 11 is 5.95. The van der Waals surface area contributed by atoms with Crippen molar-refractivity contribution in [1.29, 1.82) is 0 Å². The molecule has 0 unspecified atom stereocenters. The lowest BCUT2D eigenvalue weighted by atomic mass is 10.0. The maximum atomic E-state index is 11.1. The van der Waals surface area contributed by atoms with E-state index in [1.807, 2.05) is 39.0 Å². The van der Waals surface area contributed by atoms with Crippen molar-refractivity contribution < 1.29 is 9.90 Å². The predicted molar refractivity (Wildman–Crippen MR) is 73.9 cm³/mol. The Hall–Kier alpha value is -1.06. The molecule has 0 saturated carbocycles. The fourth-order valence-corrected chi connectivity index (χ4v) is 1.92. The monoisotopic (exact) mass is 269 g/mol. The zero-order valence-corrected chi connectivity index (χ0v) is 11.8. The van der Waals surface area contributed by atoms with Gasteiger partial charge in [-0.05, 0) is 36.5 Å². The van der Waals surface area contributed by atoms with Gasteiger partial charge in [-0.25, -0.2) is 0 Å². The minimum Gasteiger partial charge on any atom is -0.480 e. The molecule has 0 aromatic heterocycles. The molecular weight excluding hydrogens is 250 g/mol. The molecule has 2 N–H and O–H groups in total. The van der Waals surface area contributed by atoms with Crippen molar-refractivity contribution in [2.24, 2.45) is 5.92 Å². The molecule has 4 heteroatoms. The second-order valence-electron chi connectivity index (χ2n) is 4.98. The van der Waals surface area contributed by atoms with Crippen LogP contribution in [0.1, 0.15) is 31.4 Å². The first-order valence-corrected chi connectivity index (χ1v) is 6.49. The standard InChI is InChI=1S/C14H20ClNO2/c1-9(2)6-13(14(17)18)16-8-11-4-5-12(15)10(3)7-11/h4-5,7,9,13,16H,6,8H2,1-3H3,(H,17,18)/t13-/m1/s1. The number of aliphatic carboxylic acids is 1. The highest BCUT2D eigenvalue weighted by Crippen LogP contribution is 2.16. The molecule has 1 aromatic carbocycles. The highest BCUT2D eigenvalue weighted by atomic mass is 35.5. The van der Waals surface area contributed by atoms with E-state index in [0.717, 1.165) is 16.1 Å². The molecule has 0 saturated heterocycles. The lowest BCUT2D eigenvalue weighted by molar-refractivity contribution is -0.140. The first kappa shape index (κ1) is 15.0. The Morgan fingerprint density at radius 3 is 2.61 bits per heavy atom. The second kappa shape index (κ2) is 6.76. The molecule has 0 aliphatic rings. The summed E-state index contributed by atoms with van der Waals surface area (Å²) in [5, 5.41) is 12.9. The van der Waals surface area contributed by atoms with Crippen LogP contribution in [0.15, 0.2) is 18.2 Å². The van der Waals surface area contributed by atoms with Crippen LogP contribution in [0.4, 0.5) is 0 Å². The molecule has 0 amide bonds. The Morgan fingerprint density at radius 2 is 2.11 bits per heavy atom. The molecule has 1 rings (SSSR count). The Morgan fingerprint density at radius 1 is 1.44 bits per heavy atom. The number of rotatable bonds is 6. The summed E-state index contributed by atoms with van der Waals surface area (Å²) in [6.45, 7) is 6.52. The number of benzene rings is 1. The lowest BCUT2D eigenvalue weighted by Gasteiger charge is -2.16. The van der Waals surface area contributed by atoms with E-state index in [0.29, 0.717) is 18.9 Å². The first-order chi connectivity index (χ1) is 8.40. The average molecular weight is 270 g/mol. The Balaban J connectivity index is 2.61. The predicted octanol–water partition coefficient (Wildman–Crippen LogP) is 3.24. The third-order valence-corrected chi connectivity index (χ3v) is 3.20. The summed E-state index contributed by atoms with van der Waals surface area (Å²) < 4.78 is 0. The smallest absolute Gasteiger partial charge is 0.320 e. The number of hydrogen-bond acceptors (Lipinski definition) is 2. The van der Waals surface area contributed by atoms with Crippen LogP contribution >= 0.6 is 11.6 Å². The molecule has 0 bridgehead atoms. The summed E-state index contributed by atoms with van der Waals surface area (Å²) in [7, 11) is 0. The quantitative estimate of drug-likeness (QED) is 0.834. The number of aryl methyl sites for hydroxylation is 1. The highest BCUT2D eigenvalue weighted by Gasteiger charge is 2.17. The summed E-state index contributed by atoms with van der Waals surface area (Å²) in [5.74, 6) is -0.445. The second-order valence-corrected chi connectivity index (χ2v) is 5.39. The Labute approximate surface area is 113 Å². The van der Waals surface area contributed by atoms with Gasteiger partial charge in [-0.15, -0.1) is 0 Å². The van der Waals surface area contributed by atoms with Crippen LogP contribution in [0.25, 0.3) is 0 Å². The molecule has 100 valence electrons. The maximum absolute atomic E-state index is 11.1. The fourth-order valence-electron chi connectivity index (χ4n) is 1.80. The average Bonchev–Trinajstić information content (AvgIpc) is 2.28. The van der Waals surface area contributed by atoms with E-state index in [-0.39, 0.29) is 0 Å². The van der Waals surface area contributed by atoms with E-state index in [1.165, 1.54) is 0 Å².